The van der Waals surface area contributed by atoms with E-state index in [0.29, 0.717) is 41.1 Å². The van der Waals surface area contributed by atoms with Gasteiger partial charge in [-0.15, -0.1) is 0 Å². The summed E-state index contributed by atoms with van der Waals surface area (Å²) in [6.07, 6.45) is 1.79. The Kier molecular flexibility index (Phi) is 6.39. The maximum atomic E-state index is 15.5. The molecule has 1 fully saturated rings. The molecule has 1 aliphatic carbocycles. The van der Waals surface area contributed by atoms with Gasteiger partial charge in [0.05, 0.1) is 29.6 Å². The van der Waals surface area contributed by atoms with Gasteiger partial charge in [-0.05, 0) is 42.7 Å². The van der Waals surface area contributed by atoms with Crippen LogP contribution in [0.3, 0.4) is 0 Å². The number of aromatic nitrogens is 1. The fourth-order valence-corrected chi connectivity index (χ4v) is 5.62. The number of hydrogen-bond acceptors (Lipinski definition) is 4. The molecule has 1 N–H and O–H groups in total. The van der Waals surface area contributed by atoms with Crippen molar-refractivity contribution in [2.45, 2.75) is 44.3 Å². The number of alkyl halides is 1. The second-order valence-electron chi connectivity index (χ2n) is 9.94. The van der Waals surface area contributed by atoms with E-state index in [4.69, 9.17) is 4.74 Å². The largest absolute Gasteiger partial charge is 0.497 e. The summed E-state index contributed by atoms with van der Waals surface area (Å²) in [7, 11) is 4.79. The lowest BCUT2D eigenvalue weighted by molar-refractivity contribution is -0.129. The van der Waals surface area contributed by atoms with Crippen molar-refractivity contribution in [2.24, 2.45) is 0 Å². The van der Waals surface area contributed by atoms with Crippen LogP contribution in [-0.2, 0) is 16.1 Å². The Hall–Kier alpha value is -3.88. The van der Waals surface area contributed by atoms with Crippen molar-refractivity contribution in [1.82, 2.24) is 9.47 Å². The fraction of sp³-hybridized carbons (Fsp3) is 0.393. The summed E-state index contributed by atoms with van der Waals surface area (Å²) in [5, 5.41) is 10.4. The van der Waals surface area contributed by atoms with E-state index in [2.05, 4.69) is 0 Å². The van der Waals surface area contributed by atoms with E-state index >= 15 is 4.39 Å². The first-order valence-corrected chi connectivity index (χ1v) is 12.4. The van der Waals surface area contributed by atoms with Gasteiger partial charge in [0.25, 0.3) is 0 Å². The molecule has 1 aromatic heterocycles. The first-order valence-electron chi connectivity index (χ1n) is 12.4. The molecule has 1 aliphatic heterocycles. The van der Waals surface area contributed by atoms with E-state index in [0.717, 1.165) is 23.8 Å². The third-order valence-corrected chi connectivity index (χ3v) is 7.54. The number of nitrogens with zero attached hydrogens (tertiary/aromatic N) is 3. The molecular formula is C28H30FN3O5. The molecule has 0 bridgehead atoms. The van der Waals surface area contributed by atoms with Crippen LogP contribution in [0.2, 0.25) is 0 Å². The Morgan fingerprint density at radius 2 is 1.89 bits per heavy atom. The first-order chi connectivity index (χ1) is 17.7. The van der Waals surface area contributed by atoms with E-state index in [9.17, 15) is 19.5 Å². The number of halogens is 1. The van der Waals surface area contributed by atoms with Gasteiger partial charge in [0.1, 0.15) is 25.0 Å². The highest BCUT2D eigenvalue weighted by Gasteiger charge is 2.37. The van der Waals surface area contributed by atoms with Crippen LogP contribution >= 0.6 is 0 Å². The third-order valence-electron chi connectivity index (χ3n) is 7.54. The summed E-state index contributed by atoms with van der Waals surface area (Å²) >= 11 is 0. The van der Waals surface area contributed by atoms with Gasteiger partial charge < -0.3 is 24.2 Å². The van der Waals surface area contributed by atoms with Crippen molar-refractivity contribution in [3.8, 4) is 17.0 Å². The molecule has 2 heterocycles. The molecule has 2 aromatic carbocycles. The number of ether oxygens (including phenoxy) is 1. The van der Waals surface area contributed by atoms with E-state index in [1.54, 1.807) is 42.9 Å². The summed E-state index contributed by atoms with van der Waals surface area (Å²) < 4.78 is 22.7. The number of carboxylic acids is 1. The molecule has 0 unspecified atom stereocenters. The molecule has 0 radical (unpaired) electrons. The maximum Gasteiger partial charge on any atom is 0.335 e. The van der Waals surface area contributed by atoms with E-state index in [-0.39, 0.29) is 36.4 Å². The number of benzene rings is 2. The van der Waals surface area contributed by atoms with Gasteiger partial charge in [0, 0.05) is 37.0 Å². The van der Waals surface area contributed by atoms with Gasteiger partial charge in [-0.1, -0.05) is 18.9 Å². The molecule has 8 nitrogen and oxygen atoms in total. The van der Waals surface area contributed by atoms with Crippen LogP contribution in [0.25, 0.3) is 22.2 Å². The van der Waals surface area contributed by atoms with Gasteiger partial charge in [-0.3, -0.25) is 9.59 Å². The summed E-state index contributed by atoms with van der Waals surface area (Å²) in [5.41, 5.74) is 3.33. The highest BCUT2D eigenvalue weighted by Crippen LogP contribution is 2.48. The number of fused-ring (bicyclic) bond motifs is 5. The first kappa shape index (κ1) is 24.8. The Bertz CT molecular complexity index is 1410. The number of carbonyl (C=O) groups excluding carboxylic acids is 2. The zero-order valence-corrected chi connectivity index (χ0v) is 21.2. The van der Waals surface area contributed by atoms with E-state index < -0.39 is 12.1 Å². The van der Waals surface area contributed by atoms with E-state index in [1.165, 1.54) is 23.0 Å². The Morgan fingerprint density at radius 3 is 2.57 bits per heavy atom. The molecule has 1 saturated carbocycles. The van der Waals surface area contributed by atoms with Gasteiger partial charge in [-0.25, -0.2) is 9.18 Å². The van der Waals surface area contributed by atoms with Gasteiger partial charge in [0.15, 0.2) is 0 Å². The van der Waals surface area contributed by atoms with E-state index in [1.807, 2.05) is 6.07 Å². The number of anilines is 1. The zero-order valence-electron chi connectivity index (χ0n) is 21.2. The van der Waals surface area contributed by atoms with Crippen molar-refractivity contribution < 1.29 is 28.6 Å². The summed E-state index contributed by atoms with van der Waals surface area (Å²) in [5.74, 6) is -1.52. The van der Waals surface area contributed by atoms with Gasteiger partial charge >= 0.3 is 5.97 Å². The van der Waals surface area contributed by atoms with Gasteiger partial charge in [-0.2, -0.15) is 0 Å². The molecule has 2 atom stereocenters. The molecule has 3 aromatic rings. The lowest BCUT2D eigenvalue weighted by atomic mass is 9.80. The second-order valence-corrected chi connectivity index (χ2v) is 9.94. The molecular weight excluding hydrogens is 477 g/mol. The van der Waals surface area contributed by atoms with Crippen molar-refractivity contribution in [2.75, 3.05) is 32.6 Å². The Balaban J connectivity index is 1.83. The summed E-state index contributed by atoms with van der Waals surface area (Å²) in [6.45, 7) is -0.282. The number of carboxylic acid groups (broad SMARTS) is 1. The summed E-state index contributed by atoms with van der Waals surface area (Å²) in [6, 6.07) is 10.2. The standard InChI is InChI=1S/C28H30FN3O5/c1-30(2)24(33)14-31-23-13-17(37-3)9-11-20(23)27-26(18-6-4-5-7-21(18)29)19-10-8-16(28(35)36)12-22(19)32(27)15-25(31)34/h8-13,18,21H,4-7,14-15H2,1-3H3,(H,35,36)/t18-,21-/m1/s1. The van der Waals surface area contributed by atoms with Crippen LogP contribution in [0, 0.1) is 0 Å². The predicted octanol–water partition coefficient (Wildman–Crippen LogP) is 4.45. The Labute approximate surface area is 214 Å². The van der Waals surface area contributed by atoms with Crippen molar-refractivity contribution >= 4 is 34.4 Å². The van der Waals surface area contributed by atoms with Crippen molar-refractivity contribution in [3.05, 3.63) is 47.5 Å². The monoisotopic (exact) mass is 507 g/mol. The molecule has 194 valence electrons. The number of methoxy groups -OCH3 is 1. The molecule has 9 heteroatoms. The number of aromatic carboxylic acids is 1. The average Bonchev–Trinajstić information content (AvgIpc) is 3.13. The smallest absolute Gasteiger partial charge is 0.335 e. The minimum Gasteiger partial charge on any atom is -0.497 e. The lowest BCUT2D eigenvalue weighted by Crippen LogP contribution is -2.41. The van der Waals surface area contributed by atoms with Crippen LogP contribution in [0.4, 0.5) is 10.1 Å². The van der Waals surface area contributed by atoms with Crippen molar-refractivity contribution in [1.29, 1.82) is 0 Å². The third kappa shape index (κ3) is 4.22. The van der Waals surface area contributed by atoms with Crippen LogP contribution in [-0.4, -0.2) is 66.3 Å². The normalized spacial score (nSPS) is 19.2. The molecule has 0 spiro atoms. The predicted molar refractivity (Wildman–Crippen MR) is 138 cm³/mol. The Morgan fingerprint density at radius 1 is 1.14 bits per heavy atom. The van der Waals surface area contributed by atoms with Crippen LogP contribution < -0.4 is 9.64 Å². The average molecular weight is 508 g/mol. The number of amides is 2. The number of hydrogen-bond donors (Lipinski definition) is 1. The minimum absolute atomic E-state index is 0.0890. The molecule has 2 amide bonds. The second kappa shape index (κ2) is 9.53. The number of carbonyl (C=O) groups is 3. The maximum absolute atomic E-state index is 15.5. The van der Waals surface area contributed by atoms with Crippen LogP contribution in [0.5, 0.6) is 5.75 Å². The summed E-state index contributed by atoms with van der Waals surface area (Å²) in [4.78, 5) is 41.1. The highest BCUT2D eigenvalue weighted by atomic mass is 19.1. The molecule has 37 heavy (non-hydrogen) atoms. The van der Waals surface area contributed by atoms with Crippen LogP contribution in [0.15, 0.2) is 36.4 Å². The molecule has 5 rings (SSSR count). The topological polar surface area (TPSA) is 92.1 Å². The molecule has 0 saturated heterocycles. The lowest BCUT2D eigenvalue weighted by Gasteiger charge is -2.28. The van der Waals surface area contributed by atoms with Crippen molar-refractivity contribution in [3.63, 3.8) is 0 Å². The highest BCUT2D eigenvalue weighted by molar-refractivity contribution is 6.07. The number of rotatable bonds is 5. The zero-order chi connectivity index (χ0) is 26.4. The number of likely N-dealkylation sites (N-methyl/N-ethyl adjacent to an activating group) is 1. The molecule has 2 aliphatic rings. The quantitative estimate of drug-likeness (QED) is 0.551. The SMILES string of the molecule is COc1ccc2c(c1)N(CC(=O)N(C)C)C(=O)Cn1c-2c([C@@H]2CCCC[C@H]2F)c2ccc(C(=O)O)cc21. The minimum atomic E-state index is -1.08. The fourth-order valence-electron chi connectivity index (χ4n) is 5.62. The van der Waals surface area contributed by atoms with Gasteiger partial charge in [0.2, 0.25) is 11.8 Å². The van der Waals surface area contributed by atoms with Crippen LogP contribution in [0.1, 0.15) is 47.5 Å².